The maximum Gasteiger partial charge on any atom is 0.0465 e. The van der Waals surface area contributed by atoms with Gasteiger partial charge in [0.05, 0.1) is 0 Å². The number of para-hydroxylation sites is 4. The smallest absolute Gasteiger partial charge is 0.0465 e. The number of nitrogens with one attached hydrogen (secondary N) is 1. The maximum atomic E-state index is 3.81. The third kappa shape index (κ3) is 5.81. The van der Waals surface area contributed by atoms with Crippen LogP contribution in [0.5, 0.6) is 0 Å². The van der Waals surface area contributed by atoms with Gasteiger partial charge in [-0.25, -0.2) is 0 Å². The number of hydrogen-bond acceptors (Lipinski definition) is 3. The van der Waals surface area contributed by atoms with E-state index in [1.807, 2.05) is 0 Å². The van der Waals surface area contributed by atoms with E-state index in [1.54, 1.807) is 0 Å². The Morgan fingerprint density at radius 3 is 0.965 bits per heavy atom. The molecule has 3 nitrogen and oxygen atoms in total. The van der Waals surface area contributed by atoms with Gasteiger partial charge < -0.3 is 15.1 Å². The van der Waals surface area contributed by atoms with Crippen LogP contribution in [0.25, 0.3) is 22.3 Å². The van der Waals surface area contributed by atoms with Gasteiger partial charge in [-0.1, -0.05) is 125 Å². The van der Waals surface area contributed by atoms with E-state index in [1.165, 1.54) is 44.5 Å². The van der Waals surface area contributed by atoms with Crippen molar-refractivity contribution in [1.82, 2.24) is 0 Å². The molecule has 3 heteroatoms. The summed E-state index contributed by atoms with van der Waals surface area (Å²) in [6.07, 6.45) is 0. The average Bonchev–Trinajstić information content (AvgIpc) is 3.60. The quantitative estimate of drug-likeness (QED) is 0.168. The molecule has 0 aliphatic heterocycles. The van der Waals surface area contributed by atoms with Crippen LogP contribution in [0.15, 0.2) is 194 Å². The zero-order valence-corrected chi connectivity index (χ0v) is 32.9. The summed E-state index contributed by atoms with van der Waals surface area (Å²) in [4.78, 5) is 4.70. The van der Waals surface area contributed by atoms with Crippen molar-refractivity contribution in [2.45, 2.75) is 38.5 Å². The predicted octanol–water partition coefficient (Wildman–Crippen LogP) is 15.0. The van der Waals surface area contributed by atoms with Gasteiger partial charge in [0.2, 0.25) is 0 Å². The molecule has 276 valence electrons. The van der Waals surface area contributed by atoms with Gasteiger partial charge in [0.25, 0.3) is 0 Å². The van der Waals surface area contributed by atoms with Crippen molar-refractivity contribution in [3.05, 3.63) is 216 Å². The molecule has 0 heterocycles. The highest BCUT2D eigenvalue weighted by Gasteiger charge is 2.38. The topological polar surface area (TPSA) is 18.5 Å². The Bertz CT molecular complexity index is 2480. The van der Waals surface area contributed by atoms with E-state index in [0.717, 1.165) is 45.5 Å². The summed E-state index contributed by atoms with van der Waals surface area (Å²) in [5, 5.41) is 3.81. The van der Waals surface area contributed by atoms with Crippen LogP contribution in [0.4, 0.5) is 45.5 Å². The highest BCUT2D eigenvalue weighted by atomic mass is 15.1. The molecule has 0 saturated carbocycles. The molecule has 0 aromatic heterocycles. The molecule has 0 atom stereocenters. The molecule has 8 aromatic rings. The highest BCUT2D eigenvalue weighted by Crippen LogP contribution is 2.53. The fourth-order valence-corrected chi connectivity index (χ4v) is 9.29. The molecule has 0 unspecified atom stereocenters. The molecular weight excluding hydrogens is 691 g/mol. The Morgan fingerprint density at radius 1 is 0.298 bits per heavy atom. The normalized spacial score (nSPS) is 13.9. The number of nitrogens with zero attached hydrogens (tertiary/aromatic N) is 2. The second-order valence-corrected chi connectivity index (χ2v) is 16.4. The second-order valence-electron chi connectivity index (χ2n) is 16.4. The van der Waals surface area contributed by atoms with E-state index in [0.29, 0.717) is 0 Å². The summed E-state index contributed by atoms with van der Waals surface area (Å²) in [5.41, 5.74) is 19.4. The minimum absolute atomic E-state index is 0.142. The van der Waals surface area contributed by atoms with E-state index < -0.39 is 0 Å². The van der Waals surface area contributed by atoms with E-state index in [-0.39, 0.29) is 10.8 Å². The van der Waals surface area contributed by atoms with Crippen molar-refractivity contribution >= 4 is 45.5 Å². The van der Waals surface area contributed by atoms with Gasteiger partial charge in [-0.3, -0.25) is 0 Å². The molecule has 8 aromatic carbocycles. The molecule has 0 amide bonds. The molecule has 0 spiro atoms. The van der Waals surface area contributed by atoms with Gasteiger partial charge in [-0.2, -0.15) is 0 Å². The summed E-state index contributed by atoms with van der Waals surface area (Å²) in [7, 11) is 0. The van der Waals surface area contributed by atoms with Crippen LogP contribution < -0.4 is 15.1 Å². The van der Waals surface area contributed by atoms with Crippen LogP contribution in [0, 0.1) is 0 Å². The van der Waals surface area contributed by atoms with Crippen molar-refractivity contribution in [3.63, 3.8) is 0 Å². The van der Waals surface area contributed by atoms with E-state index in [2.05, 4.69) is 237 Å². The van der Waals surface area contributed by atoms with Gasteiger partial charge in [-0.05, 0) is 142 Å². The molecule has 0 saturated heterocycles. The predicted molar refractivity (Wildman–Crippen MR) is 241 cm³/mol. The summed E-state index contributed by atoms with van der Waals surface area (Å²) >= 11 is 0. The van der Waals surface area contributed by atoms with Crippen LogP contribution in [-0.4, -0.2) is 0 Å². The highest BCUT2D eigenvalue weighted by molar-refractivity contribution is 5.90. The number of hydrogen-bond donors (Lipinski definition) is 1. The van der Waals surface area contributed by atoms with Crippen LogP contribution in [-0.2, 0) is 10.8 Å². The Morgan fingerprint density at radius 2 is 0.632 bits per heavy atom. The minimum atomic E-state index is -0.142. The Balaban J connectivity index is 0.979. The lowest BCUT2D eigenvalue weighted by atomic mass is 9.82. The third-order valence-electron chi connectivity index (χ3n) is 12.2. The Hall–Kier alpha value is -6.84. The summed E-state index contributed by atoms with van der Waals surface area (Å²) in [5.74, 6) is 0. The summed E-state index contributed by atoms with van der Waals surface area (Å²) in [6.45, 7) is 9.42. The molecular formula is C54H45N3. The van der Waals surface area contributed by atoms with Crippen LogP contribution in [0.3, 0.4) is 0 Å². The number of benzene rings is 8. The number of anilines is 8. The molecule has 0 radical (unpaired) electrons. The van der Waals surface area contributed by atoms with Crippen molar-refractivity contribution in [2.24, 2.45) is 0 Å². The first-order valence-electron chi connectivity index (χ1n) is 19.9. The average molecular weight is 736 g/mol. The maximum absolute atomic E-state index is 3.81. The fraction of sp³-hybridized carbons (Fsp3) is 0.111. The van der Waals surface area contributed by atoms with Crippen molar-refractivity contribution in [3.8, 4) is 22.3 Å². The third-order valence-corrected chi connectivity index (χ3v) is 12.2. The van der Waals surface area contributed by atoms with Crippen LogP contribution >= 0.6 is 0 Å². The summed E-state index contributed by atoms with van der Waals surface area (Å²) < 4.78 is 0. The number of fused-ring (bicyclic) bond motifs is 6. The SMILES string of the molecule is CC1(C)c2ccc(Nc3ccc4c(c3)-c3ccc(N(c5ccccc5)c5ccccc5)cc3C4(C)C)cc2-c2ccc(N(c3ccccc3)c3ccccc3)cc21. The van der Waals surface area contributed by atoms with E-state index in [4.69, 9.17) is 0 Å². The van der Waals surface area contributed by atoms with E-state index in [9.17, 15) is 0 Å². The minimum Gasteiger partial charge on any atom is -0.355 e. The lowest BCUT2D eigenvalue weighted by Crippen LogP contribution is -2.16. The van der Waals surface area contributed by atoms with Gasteiger partial charge >= 0.3 is 0 Å². The van der Waals surface area contributed by atoms with Gasteiger partial charge in [-0.15, -0.1) is 0 Å². The van der Waals surface area contributed by atoms with Gasteiger partial charge in [0.15, 0.2) is 0 Å². The molecule has 1 N–H and O–H groups in total. The van der Waals surface area contributed by atoms with Crippen molar-refractivity contribution < 1.29 is 0 Å². The van der Waals surface area contributed by atoms with Crippen LogP contribution in [0.1, 0.15) is 49.9 Å². The number of rotatable bonds is 8. The molecule has 0 bridgehead atoms. The van der Waals surface area contributed by atoms with Crippen molar-refractivity contribution in [1.29, 1.82) is 0 Å². The zero-order valence-electron chi connectivity index (χ0n) is 32.9. The molecule has 2 aliphatic rings. The first kappa shape index (κ1) is 34.6. The Kier molecular flexibility index (Phi) is 8.16. The van der Waals surface area contributed by atoms with Crippen molar-refractivity contribution in [2.75, 3.05) is 15.1 Å². The molecule has 0 fully saturated rings. The standard InChI is InChI=1S/C54H45N3/c1-53(2)49-31-25-37(33-47(49)45-29-27-43(35-51(45)53)56(39-17-9-5-10-18-39)40-19-11-6-12-20-40)55-38-26-32-50-48(34-38)46-30-28-44(36-52(46)54(50,3)4)57(41-21-13-7-14-22-41)42-23-15-8-16-24-42/h5-36,55H,1-4H3. The first-order valence-corrected chi connectivity index (χ1v) is 19.9. The zero-order chi connectivity index (χ0) is 38.7. The summed E-state index contributed by atoms with van der Waals surface area (Å²) in [6, 6.07) is 70.4. The van der Waals surface area contributed by atoms with Gasteiger partial charge in [0, 0.05) is 56.3 Å². The fourth-order valence-electron chi connectivity index (χ4n) is 9.29. The van der Waals surface area contributed by atoms with Crippen LogP contribution in [0.2, 0.25) is 0 Å². The lowest BCUT2D eigenvalue weighted by Gasteiger charge is -2.28. The van der Waals surface area contributed by atoms with Gasteiger partial charge in [0.1, 0.15) is 0 Å². The largest absolute Gasteiger partial charge is 0.355 e. The second kappa shape index (κ2) is 13.4. The molecule has 2 aliphatic carbocycles. The molecule has 57 heavy (non-hydrogen) atoms. The first-order chi connectivity index (χ1) is 27.8. The lowest BCUT2D eigenvalue weighted by molar-refractivity contribution is 0.660. The van der Waals surface area contributed by atoms with E-state index >= 15 is 0 Å². The molecule has 10 rings (SSSR count). The Labute approximate surface area is 336 Å². The monoisotopic (exact) mass is 735 g/mol.